The van der Waals surface area contributed by atoms with Gasteiger partial charge in [-0.25, -0.2) is 0 Å². The Morgan fingerprint density at radius 1 is 1.40 bits per heavy atom. The lowest BCUT2D eigenvalue weighted by molar-refractivity contribution is 0.00603. The highest BCUT2D eigenvalue weighted by molar-refractivity contribution is 4.80. The van der Waals surface area contributed by atoms with Crippen LogP contribution in [0.3, 0.4) is 0 Å². The van der Waals surface area contributed by atoms with Gasteiger partial charge in [0.05, 0.1) is 19.3 Å². The van der Waals surface area contributed by atoms with E-state index in [0.29, 0.717) is 13.0 Å². The highest BCUT2D eigenvalue weighted by Gasteiger charge is 2.26. The van der Waals surface area contributed by atoms with Gasteiger partial charge in [-0.15, -0.1) is 0 Å². The molecule has 0 saturated carbocycles. The van der Waals surface area contributed by atoms with E-state index in [1.54, 1.807) is 7.11 Å². The van der Waals surface area contributed by atoms with E-state index in [2.05, 4.69) is 4.90 Å². The molecular weight excluding hydrogens is 194 g/mol. The molecule has 1 aliphatic rings. The lowest BCUT2D eigenvalue weighted by Gasteiger charge is -2.36. The molecule has 0 radical (unpaired) electrons. The summed E-state index contributed by atoms with van der Waals surface area (Å²) >= 11 is 0. The van der Waals surface area contributed by atoms with E-state index >= 15 is 0 Å². The van der Waals surface area contributed by atoms with Crippen molar-refractivity contribution >= 4 is 0 Å². The van der Waals surface area contributed by atoms with Gasteiger partial charge in [0.25, 0.3) is 0 Å². The molecule has 0 bridgehead atoms. The Morgan fingerprint density at radius 2 is 2.07 bits per heavy atom. The van der Waals surface area contributed by atoms with Crippen LogP contribution in [0.15, 0.2) is 0 Å². The molecule has 0 aromatic carbocycles. The predicted octanol–water partition coefficient (Wildman–Crippen LogP) is 0.477. The minimum absolute atomic E-state index is 0.110. The average molecular weight is 219 g/mol. The number of rotatable bonds is 4. The van der Waals surface area contributed by atoms with Crippen molar-refractivity contribution in [3.8, 4) is 0 Å². The second kappa shape index (κ2) is 9.09. The molecule has 92 valence electrons. The van der Waals surface area contributed by atoms with Crippen molar-refractivity contribution in [3.63, 3.8) is 0 Å². The molecule has 1 heterocycles. The van der Waals surface area contributed by atoms with Crippen LogP contribution in [0, 0.1) is 0 Å². The molecule has 1 rings (SSSR count). The Hall–Kier alpha value is -0.160. The smallest absolute Gasteiger partial charge is 0.0589 e. The van der Waals surface area contributed by atoms with Crippen molar-refractivity contribution in [1.29, 1.82) is 0 Å². The maximum absolute atomic E-state index is 9.38. The molecule has 0 spiro atoms. The number of hydrogen-bond acceptors (Lipinski definition) is 4. The zero-order valence-electron chi connectivity index (χ0n) is 10.1. The monoisotopic (exact) mass is 219 g/mol. The zero-order valence-corrected chi connectivity index (χ0v) is 10.1. The molecule has 1 fully saturated rings. The van der Waals surface area contributed by atoms with E-state index in [-0.39, 0.29) is 18.8 Å². The fraction of sp³-hybridized carbons (Fsp3) is 1.00. The second-order valence-corrected chi connectivity index (χ2v) is 3.54. The third-order valence-corrected chi connectivity index (χ3v) is 2.60. The van der Waals surface area contributed by atoms with Crippen LogP contribution in [0.5, 0.6) is 0 Å². The topological polar surface area (TPSA) is 52.9 Å². The first-order valence-corrected chi connectivity index (χ1v) is 5.79. The Balaban J connectivity index is 0.000000921. The molecule has 0 amide bonds. The number of aliphatic hydroxyl groups is 2. The Morgan fingerprint density at radius 3 is 2.60 bits per heavy atom. The number of hydrogen-bond donors (Lipinski definition) is 2. The lowest BCUT2D eigenvalue weighted by Crippen LogP contribution is -2.47. The van der Waals surface area contributed by atoms with E-state index in [0.717, 1.165) is 19.5 Å². The van der Waals surface area contributed by atoms with Crippen molar-refractivity contribution in [1.82, 2.24) is 4.90 Å². The summed E-state index contributed by atoms with van der Waals surface area (Å²) in [6, 6.07) is 0.110. The summed E-state index contributed by atoms with van der Waals surface area (Å²) in [6.07, 6.45) is 1.25. The van der Waals surface area contributed by atoms with Gasteiger partial charge in [0.1, 0.15) is 0 Å². The van der Waals surface area contributed by atoms with Crippen LogP contribution in [0.1, 0.15) is 26.7 Å². The zero-order chi connectivity index (χ0) is 11.7. The van der Waals surface area contributed by atoms with Crippen molar-refractivity contribution in [2.45, 2.75) is 38.8 Å². The third kappa shape index (κ3) is 5.47. The highest BCUT2D eigenvalue weighted by Crippen LogP contribution is 2.16. The van der Waals surface area contributed by atoms with Gasteiger partial charge in [-0.05, 0) is 12.8 Å². The quantitative estimate of drug-likeness (QED) is 0.722. The molecule has 2 atom stereocenters. The van der Waals surface area contributed by atoms with Crippen molar-refractivity contribution < 1.29 is 14.9 Å². The molecule has 0 aromatic heterocycles. The number of methoxy groups -OCH3 is 1. The van der Waals surface area contributed by atoms with Crippen LogP contribution in [0.25, 0.3) is 0 Å². The fourth-order valence-electron chi connectivity index (χ4n) is 1.77. The van der Waals surface area contributed by atoms with Crippen LogP contribution in [0.4, 0.5) is 0 Å². The summed E-state index contributed by atoms with van der Waals surface area (Å²) in [7, 11) is 1.67. The number of nitrogens with zero attached hydrogens (tertiary/aromatic N) is 1. The SMILES string of the molecule is CC.COCCN1CCC(O)CC1CO. The van der Waals surface area contributed by atoms with Gasteiger partial charge in [-0.3, -0.25) is 4.90 Å². The van der Waals surface area contributed by atoms with E-state index in [9.17, 15) is 5.11 Å². The molecular formula is C11H25NO3. The number of likely N-dealkylation sites (tertiary alicyclic amines) is 1. The minimum Gasteiger partial charge on any atom is -0.395 e. The fourth-order valence-corrected chi connectivity index (χ4v) is 1.77. The number of piperidine rings is 1. The van der Waals surface area contributed by atoms with E-state index in [1.165, 1.54) is 0 Å². The predicted molar refractivity (Wildman–Crippen MR) is 60.9 cm³/mol. The van der Waals surface area contributed by atoms with Gasteiger partial charge in [0.15, 0.2) is 0 Å². The van der Waals surface area contributed by atoms with Crippen molar-refractivity contribution in [2.24, 2.45) is 0 Å². The molecule has 2 unspecified atom stereocenters. The summed E-state index contributed by atoms with van der Waals surface area (Å²) in [4.78, 5) is 2.18. The minimum atomic E-state index is -0.240. The summed E-state index contributed by atoms with van der Waals surface area (Å²) < 4.78 is 4.98. The van der Waals surface area contributed by atoms with Crippen LogP contribution < -0.4 is 0 Å². The molecule has 1 saturated heterocycles. The van der Waals surface area contributed by atoms with Gasteiger partial charge in [-0.1, -0.05) is 13.8 Å². The molecule has 0 aliphatic carbocycles. The number of aliphatic hydroxyl groups excluding tert-OH is 2. The maximum Gasteiger partial charge on any atom is 0.0589 e. The van der Waals surface area contributed by atoms with E-state index in [4.69, 9.17) is 9.84 Å². The molecule has 1 aliphatic heterocycles. The summed E-state index contributed by atoms with van der Waals surface area (Å²) in [6.45, 7) is 6.51. The Kier molecular flexibility index (Phi) is 9.00. The standard InChI is InChI=1S/C9H19NO3.C2H6/c1-13-5-4-10-3-2-9(12)6-8(10)7-11;1-2/h8-9,11-12H,2-7H2,1H3;1-2H3. The normalized spacial score (nSPS) is 27.0. The third-order valence-electron chi connectivity index (χ3n) is 2.60. The lowest BCUT2D eigenvalue weighted by atomic mass is 10.0. The summed E-state index contributed by atoms with van der Waals surface area (Å²) in [5.41, 5.74) is 0. The first-order valence-electron chi connectivity index (χ1n) is 5.79. The molecule has 4 heteroatoms. The Labute approximate surface area is 92.9 Å². The number of ether oxygens (including phenoxy) is 1. The van der Waals surface area contributed by atoms with Crippen LogP contribution in [-0.2, 0) is 4.74 Å². The van der Waals surface area contributed by atoms with Gasteiger partial charge < -0.3 is 14.9 Å². The second-order valence-electron chi connectivity index (χ2n) is 3.54. The molecule has 15 heavy (non-hydrogen) atoms. The van der Waals surface area contributed by atoms with Crippen molar-refractivity contribution in [2.75, 3.05) is 33.4 Å². The maximum atomic E-state index is 9.38. The van der Waals surface area contributed by atoms with Gasteiger partial charge >= 0.3 is 0 Å². The molecule has 4 nitrogen and oxygen atoms in total. The average Bonchev–Trinajstić information content (AvgIpc) is 2.30. The molecule has 0 aromatic rings. The highest BCUT2D eigenvalue weighted by atomic mass is 16.5. The van der Waals surface area contributed by atoms with Gasteiger partial charge in [0, 0.05) is 26.2 Å². The Bertz CT molecular complexity index is 142. The first-order chi connectivity index (χ1) is 7.27. The summed E-state index contributed by atoms with van der Waals surface area (Å²) in [5.74, 6) is 0. The van der Waals surface area contributed by atoms with Crippen LogP contribution in [-0.4, -0.2) is 60.7 Å². The van der Waals surface area contributed by atoms with Gasteiger partial charge in [-0.2, -0.15) is 0 Å². The van der Waals surface area contributed by atoms with E-state index in [1.807, 2.05) is 13.8 Å². The first kappa shape index (κ1) is 14.8. The molecule has 2 N–H and O–H groups in total. The van der Waals surface area contributed by atoms with E-state index < -0.39 is 0 Å². The van der Waals surface area contributed by atoms with Crippen LogP contribution in [0.2, 0.25) is 0 Å². The van der Waals surface area contributed by atoms with Crippen molar-refractivity contribution in [3.05, 3.63) is 0 Å². The summed E-state index contributed by atoms with van der Waals surface area (Å²) in [5, 5.41) is 18.5. The largest absolute Gasteiger partial charge is 0.395 e. The van der Waals surface area contributed by atoms with Gasteiger partial charge in [0.2, 0.25) is 0 Å². The van der Waals surface area contributed by atoms with Crippen LogP contribution >= 0.6 is 0 Å².